The zero-order valence-electron chi connectivity index (χ0n) is 11.6. The minimum absolute atomic E-state index is 0.213. The van der Waals surface area contributed by atoms with Crippen LogP contribution >= 0.6 is 0 Å². The molecule has 1 aliphatic rings. The smallest absolute Gasteiger partial charge is 0.237 e. The Hall–Kier alpha value is -2.10. The van der Waals surface area contributed by atoms with E-state index in [0.29, 0.717) is 5.88 Å². The highest BCUT2D eigenvalue weighted by Crippen LogP contribution is 2.31. The minimum Gasteiger partial charge on any atom is -0.468 e. The van der Waals surface area contributed by atoms with Crippen LogP contribution < -0.4 is 10.1 Å². The second-order valence-corrected chi connectivity index (χ2v) is 5.71. The first-order chi connectivity index (χ1) is 9.52. The molecule has 0 unspecified atom stereocenters. The fraction of sp³-hybridized carbons (Fsp3) is 0.312. The molecule has 1 aromatic carbocycles. The number of benzene rings is 1. The standard InChI is InChI=1S/C16H17FN2O/c1-16(2)10-19-14-8-12(9-18-15(14)20-16)7-11-3-5-13(17)6-4-11/h3-6,8-9,19H,7,10H2,1-2H3. The van der Waals surface area contributed by atoms with E-state index in [-0.39, 0.29) is 11.4 Å². The van der Waals surface area contributed by atoms with Crippen molar-refractivity contribution in [2.45, 2.75) is 25.9 Å². The molecule has 1 N–H and O–H groups in total. The summed E-state index contributed by atoms with van der Waals surface area (Å²) in [6, 6.07) is 8.58. The number of ether oxygens (including phenoxy) is 1. The summed E-state index contributed by atoms with van der Waals surface area (Å²) in [6.45, 7) is 4.80. The number of pyridine rings is 1. The first-order valence-electron chi connectivity index (χ1n) is 6.68. The lowest BCUT2D eigenvalue weighted by Crippen LogP contribution is -2.40. The number of rotatable bonds is 2. The molecule has 3 nitrogen and oxygen atoms in total. The van der Waals surface area contributed by atoms with Crippen LogP contribution in [0.2, 0.25) is 0 Å². The minimum atomic E-state index is -0.238. The van der Waals surface area contributed by atoms with Crippen LogP contribution in [-0.2, 0) is 6.42 Å². The molecule has 3 rings (SSSR count). The molecule has 104 valence electrons. The molecule has 2 heterocycles. The van der Waals surface area contributed by atoms with Gasteiger partial charge in [-0.15, -0.1) is 0 Å². The maximum Gasteiger partial charge on any atom is 0.237 e. The van der Waals surface area contributed by atoms with Crippen LogP contribution in [0.15, 0.2) is 36.5 Å². The lowest BCUT2D eigenvalue weighted by molar-refractivity contribution is 0.109. The van der Waals surface area contributed by atoms with Crippen LogP contribution in [0.25, 0.3) is 0 Å². The normalized spacial score (nSPS) is 15.9. The van der Waals surface area contributed by atoms with E-state index in [1.165, 1.54) is 12.1 Å². The van der Waals surface area contributed by atoms with Gasteiger partial charge in [0, 0.05) is 6.20 Å². The summed E-state index contributed by atoms with van der Waals surface area (Å²) in [4.78, 5) is 4.37. The summed E-state index contributed by atoms with van der Waals surface area (Å²) in [7, 11) is 0. The third kappa shape index (κ3) is 2.74. The highest BCUT2D eigenvalue weighted by Gasteiger charge is 2.27. The van der Waals surface area contributed by atoms with Gasteiger partial charge in [-0.25, -0.2) is 9.37 Å². The van der Waals surface area contributed by atoms with Crippen LogP contribution in [0.3, 0.4) is 0 Å². The Bertz CT molecular complexity index is 623. The Labute approximate surface area is 117 Å². The molecule has 1 aliphatic heterocycles. The summed E-state index contributed by atoms with van der Waals surface area (Å²) in [5.41, 5.74) is 2.82. The molecular weight excluding hydrogens is 255 g/mol. The second kappa shape index (κ2) is 4.78. The highest BCUT2D eigenvalue weighted by molar-refractivity contribution is 5.56. The lowest BCUT2D eigenvalue weighted by atomic mass is 10.0. The summed E-state index contributed by atoms with van der Waals surface area (Å²) >= 11 is 0. The number of hydrogen-bond acceptors (Lipinski definition) is 3. The molecule has 4 heteroatoms. The van der Waals surface area contributed by atoms with Gasteiger partial charge in [0.2, 0.25) is 5.88 Å². The number of hydrogen-bond donors (Lipinski definition) is 1. The first kappa shape index (κ1) is 12.9. The SMILES string of the molecule is CC1(C)CNc2cc(Cc3ccc(F)cc3)cnc2O1. The van der Waals surface area contributed by atoms with E-state index in [4.69, 9.17) is 4.74 Å². The van der Waals surface area contributed by atoms with Gasteiger partial charge in [-0.1, -0.05) is 12.1 Å². The summed E-state index contributed by atoms with van der Waals surface area (Å²) in [5, 5.41) is 3.34. The van der Waals surface area contributed by atoms with E-state index in [1.54, 1.807) is 12.1 Å². The van der Waals surface area contributed by atoms with Crippen molar-refractivity contribution in [2.75, 3.05) is 11.9 Å². The summed E-state index contributed by atoms with van der Waals surface area (Å²) < 4.78 is 18.7. The van der Waals surface area contributed by atoms with Crippen molar-refractivity contribution < 1.29 is 9.13 Å². The third-order valence-corrected chi connectivity index (χ3v) is 3.31. The maximum atomic E-state index is 12.9. The molecule has 0 radical (unpaired) electrons. The fourth-order valence-corrected chi connectivity index (χ4v) is 2.24. The van der Waals surface area contributed by atoms with E-state index in [9.17, 15) is 4.39 Å². The number of aromatic nitrogens is 1. The van der Waals surface area contributed by atoms with Crippen LogP contribution in [0, 0.1) is 5.82 Å². The predicted octanol–water partition coefficient (Wildman–Crippen LogP) is 3.39. The molecule has 1 aromatic heterocycles. The number of nitrogens with one attached hydrogen (secondary N) is 1. The Morgan fingerprint density at radius 3 is 2.75 bits per heavy atom. The number of nitrogens with zero attached hydrogens (tertiary/aromatic N) is 1. The molecule has 2 aromatic rings. The van der Waals surface area contributed by atoms with E-state index in [0.717, 1.165) is 29.8 Å². The van der Waals surface area contributed by atoms with E-state index in [2.05, 4.69) is 10.3 Å². The maximum absolute atomic E-state index is 12.9. The Kier molecular flexibility index (Phi) is 3.08. The molecule has 0 spiro atoms. The van der Waals surface area contributed by atoms with Gasteiger partial charge in [0.1, 0.15) is 11.4 Å². The van der Waals surface area contributed by atoms with Crippen molar-refractivity contribution >= 4 is 5.69 Å². The lowest BCUT2D eigenvalue weighted by Gasteiger charge is -2.32. The Morgan fingerprint density at radius 1 is 1.25 bits per heavy atom. The van der Waals surface area contributed by atoms with Gasteiger partial charge < -0.3 is 10.1 Å². The average Bonchev–Trinajstić information content (AvgIpc) is 2.41. The zero-order valence-corrected chi connectivity index (χ0v) is 11.6. The molecule has 0 saturated carbocycles. The van der Waals surface area contributed by atoms with E-state index in [1.807, 2.05) is 26.1 Å². The van der Waals surface area contributed by atoms with Crippen LogP contribution in [0.4, 0.5) is 10.1 Å². The average molecular weight is 272 g/mol. The van der Waals surface area contributed by atoms with Crippen molar-refractivity contribution in [3.05, 3.63) is 53.5 Å². The van der Waals surface area contributed by atoms with E-state index < -0.39 is 0 Å². The number of halogens is 1. The predicted molar refractivity (Wildman–Crippen MR) is 76.6 cm³/mol. The quantitative estimate of drug-likeness (QED) is 0.910. The molecule has 20 heavy (non-hydrogen) atoms. The van der Waals surface area contributed by atoms with Crippen molar-refractivity contribution in [2.24, 2.45) is 0 Å². The number of fused-ring (bicyclic) bond motifs is 1. The number of anilines is 1. The van der Waals surface area contributed by atoms with Crippen molar-refractivity contribution in [3.63, 3.8) is 0 Å². The molecule has 0 amide bonds. The Balaban J connectivity index is 1.81. The van der Waals surface area contributed by atoms with Crippen LogP contribution in [0.1, 0.15) is 25.0 Å². The summed E-state index contributed by atoms with van der Waals surface area (Å²) in [6.07, 6.45) is 2.54. The van der Waals surface area contributed by atoms with Crippen molar-refractivity contribution in [1.82, 2.24) is 4.98 Å². The largest absolute Gasteiger partial charge is 0.468 e. The molecule has 0 atom stereocenters. The van der Waals surface area contributed by atoms with Gasteiger partial charge in [-0.05, 0) is 49.6 Å². The van der Waals surface area contributed by atoms with Crippen LogP contribution in [-0.4, -0.2) is 17.1 Å². The zero-order chi connectivity index (χ0) is 14.2. The second-order valence-electron chi connectivity index (χ2n) is 5.71. The Morgan fingerprint density at radius 2 is 2.00 bits per heavy atom. The fourth-order valence-electron chi connectivity index (χ4n) is 2.24. The third-order valence-electron chi connectivity index (χ3n) is 3.31. The highest BCUT2D eigenvalue weighted by atomic mass is 19.1. The van der Waals surface area contributed by atoms with Gasteiger partial charge in [0.05, 0.1) is 12.2 Å². The first-order valence-corrected chi connectivity index (χ1v) is 6.68. The van der Waals surface area contributed by atoms with Gasteiger partial charge in [-0.3, -0.25) is 0 Å². The topological polar surface area (TPSA) is 34.2 Å². The molecule has 0 bridgehead atoms. The molecule has 0 saturated heterocycles. The van der Waals surface area contributed by atoms with Gasteiger partial charge in [0.15, 0.2) is 0 Å². The summed E-state index contributed by atoms with van der Waals surface area (Å²) in [5.74, 6) is 0.429. The molecular formula is C16H17FN2O. The van der Waals surface area contributed by atoms with Crippen molar-refractivity contribution in [1.29, 1.82) is 0 Å². The monoisotopic (exact) mass is 272 g/mol. The van der Waals surface area contributed by atoms with Gasteiger partial charge in [0.25, 0.3) is 0 Å². The molecule has 0 aliphatic carbocycles. The van der Waals surface area contributed by atoms with Crippen LogP contribution in [0.5, 0.6) is 5.88 Å². The molecule has 0 fully saturated rings. The van der Waals surface area contributed by atoms with Crippen molar-refractivity contribution in [3.8, 4) is 5.88 Å². The van der Waals surface area contributed by atoms with E-state index >= 15 is 0 Å². The van der Waals surface area contributed by atoms with Gasteiger partial charge >= 0.3 is 0 Å². The van der Waals surface area contributed by atoms with Gasteiger partial charge in [-0.2, -0.15) is 0 Å².